The van der Waals surface area contributed by atoms with Crippen molar-refractivity contribution in [1.29, 1.82) is 0 Å². The number of carbonyl (C=O) groups excluding carboxylic acids is 1. The molecule has 1 aliphatic rings. The number of piperazine rings is 1. The van der Waals surface area contributed by atoms with E-state index in [9.17, 15) is 4.79 Å². The van der Waals surface area contributed by atoms with E-state index in [0.29, 0.717) is 16.6 Å². The Kier molecular flexibility index (Phi) is 3.94. The van der Waals surface area contributed by atoms with Crippen molar-refractivity contribution in [1.82, 2.24) is 24.8 Å². The largest absolute Gasteiger partial charge is 0.339 e. The Morgan fingerprint density at radius 1 is 1.43 bits per heavy atom. The van der Waals surface area contributed by atoms with Crippen LogP contribution < -0.4 is 10.2 Å². The SMILES string of the molecule is CN(CC(=O)N1CCNCC1)c1nc2ccc(Cl)cn2n1. The Balaban J connectivity index is 1.71. The molecular formula is C13H17ClN6O. The number of carbonyl (C=O) groups is 1. The summed E-state index contributed by atoms with van der Waals surface area (Å²) in [5, 5.41) is 8.16. The number of likely N-dealkylation sites (N-methyl/N-ethyl adjacent to an activating group) is 1. The molecule has 3 rings (SSSR count). The molecule has 0 aromatic carbocycles. The zero-order chi connectivity index (χ0) is 14.8. The summed E-state index contributed by atoms with van der Waals surface area (Å²) in [5.74, 6) is 0.608. The number of halogens is 1. The van der Waals surface area contributed by atoms with Crippen molar-refractivity contribution in [2.45, 2.75) is 0 Å². The maximum Gasteiger partial charge on any atom is 0.245 e. The summed E-state index contributed by atoms with van der Waals surface area (Å²) >= 11 is 5.92. The number of rotatable bonds is 3. The van der Waals surface area contributed by atoms with Crippen LogP contribution in [0.15, 0.2) is 18.3 Å². The highest BCUT2D eigenvalue weighted by Crippen LogP contribution is 2.13. The third-order valence-corrected chi connectivity index (χ3v) is 3.69. The minimum Gasteiger partial charge on any atom is -0.339 e. The third kappa shape index (κ3) is 3.08. The van der Waals surface area contributed by atoms with Crippen molar-refractivity contribution in [2.75, 3.05) is 44.7 Å². The molecule has 2 aromatic heterocycles. The van der Waals surface area contributed by atoms with E-state index in [2.05, 4.69) is 15.4 Å². The predicted octanol–water partition coefficient (Wildman–Crippen LogP) is 0.251. The maximum atomic E-state index is 12.2. The van der Waals surface area contributed by atoms with Crippen molar-refractivity contribution >= 4 is 29.1 Å². The summed E-state index contributed by atoms with van der Waals surface area (Å²) in [4.78, 5) is 20.2. The molecule has 8 heteroatoms. The average molecular weight is 309 g/mol. The first-order valence-corrected chi connectivity index (χ1v) is 7.23. The molecule has 112 valence electrons. The molecule has 0 bridgehead atoms. The van der Waals surface area contributed by atoms with Gasteiger partial charge in [-0.25, -0.2) is 4.52 Å². The van der Waals surface area contributed by atoms with Gasteiger partial charge in [0.1, 0.15) is 0 Å². The van der Waals surface area contributed by atoms with E-state index in [4.69, 9.17) is 11.6 Å². The van der Waals surface area contributed by atoms with Gasteiger partial charge in [0.15, 0.2) is 5.65 Å². The Morgan fingerprint density at radius 2 is 2.19 bits per heavy atom. The van der Waals surface area contributed by atoms with E-state index < -0.39 is 0 Å². The fourth-order valence-corrected chi connectivity index (χ4v) is 2.45. The summed E-state index contributed by atoms with van der Waals surface area (Å²) in [6.07, 6.45) is 1.69. The van der Waals surface area contributed by atoms with E-state index in [0.717, 1.165) is 26.2 Å². The molecular weight excluding hydrogens is 292 g/mol. The number of anilines is 1. The maximum absolute atomic E-state index is 12.2. The second-order valence-electron chi connectivity index (χ2n) is 5.05. The van der Waals surface area contributed by atoms with Crippen LogP contribution in [0.2, 0.25) is 5.02 Å². The van der Waals surface area contributed by atoms with Crippen LogP contribution in [0.1, 0.15) is 0 Å². The van der Waals surface area contributed by atoms with E-state index in [1.165, 1.54) is 0 Å². The quantitative estimate of drug-likeness (QED) is 0.880. The van der Waals surface area contributed by atoms with Gasteiger partial charge >= 0.3 is 0 Å². The van der Waals surface area contributed by atoms with Crippen LogP contribution in [0.3, 0.4) is 0 Å². The van der Waals surface area contributed by atoms with Crippen LogP contribution in [0.25, 0.3) is 5.65 Å². The first kappa shape index (κ1) is 14.1. The first-order valence-electron chi connectivity index (χ1n) is 6.85. The predicted molar refractivity (Wildman–Crippen MR) is 80.7 cm³/mol. The van der Waals surface area contributed by atoms with Gasteiger partial charge in [-0.3, -0.25) is 4.79 Å². The molecule has 0 aliphatic carbocycles. The van der Waals surface area contributed by atoms with Crippen LogP contribution >= 0.6 is 11.6 Å². The topological polar surface area (TPSA) is 65.8 Å². The van der Waals surface area contributed by atoms with Gasteiger partial charge in [0, 0.05) is 39.4 Å². The molecule has 1 N–H and O–H groups in total. The minimum atomic E-state index is 0.0934. The lowest BCUT2D eigenvalue weighted by Gasteiger charge is -2.28. The van der Waals surface area contributed by atoms with Gasteiger partial charge in [-0.2, -0.15) is 4.98 Å². The van der Waals surface area contributed by atoms with Crippen LogP contribution in [-0.4, -0.2) is 65.2 Å². The van der Waals surface area contributed by atoms with Crippen LogP contribution in [0.4, 0.5) is 5.95 Å². The zero-order valence-corrected chi connectivity index (χ0v) is 12.5. The second kappa shape index (κ2) is 5.87. The summed E-state index contributed by atoms with van der Waals surface area (Å²) in [6.45, 7) is 3.47. The summed E-state index contributed by atoms with van der Waals surface area (Å²) in [7, 11) is 1.82. The molecule has 1 aliphatic heterocycles. The summed E-state index contributed by atoms with van der Waals surface area (Å²) < 4.78 is 1.61. The van der Waals surface area contributed by atoms with E-state index >= 15 is 0 Å². The smallest absolute Gasteiger partial charge is 0.245 e. The highest BCUT2D eigenvalue weighted by Gasteiger charge is 2.19. The Labute approximate surface area is 127 Å². The van der Waals surface area contributed by atoms with Gasteiger partial charge in [0.25, 0.3) is 0 Å². The van der Waals surface area contributed by atoms with E-state index in [1.807, 2.05) is 11.9 Å². The fourth-order valence-electron chi connectivity index (χ4n) is 2.30. The van der Waals surface area contributed by atoms with Gasteiger partial charge < -0.3 is 15.1 Å². The molecule has 2 aromatic rings. The number of hydrogen-bond donors (Lipinski definition) is 1. The van der Waals surface area contributed by atoms with Crippen molar-refractivity contribution in [3.05, 3.63) is 23.4 Å². The lowest BCUT2D eigenvalue weighted by molar-refractivity contribution is -0.130. The van der Waals surface area contributed by atoms with Gasteiger partial charge in [-0.05, 0) is 12.1 Å². The van der Waals surface area contributed by atoms with E-state index in [1.54, 1.807) is 27.7 Å². The number of fused-ring (bicyclic) bond motifs is 1. The van der Waals surface area contributed by atoms with Crippen molar-refractivity contribution in [3.8, 4) is 0 Å². The van der Waals surface area contributed by atoms with Gasteiger partial charge in [-0.15, -0.1) is 5.10 Å². The molecule has 21 heavy (non-hydrogen) atoms. The molecule has 0 radical (unpaired) electrons. The molecule has 1 fully saturated rings. The number of aromatic nitrogens is 3. The molecule has 0 saturated carbocycles. The Hall–Kier alpha value is -1.86. The van der Waals surface area contributed by atoms with Crippen LogP contribution in [-0.2, 0) is 4.79 Å². The van der Waals surface area contributed by atoms with Gasteiger partial charge in [0.05, 0.1) is 11.6 Å². The monoisotopic (exact) mass is 308 g/mol. The molecule has 1 saturated heterocycles. The zero-order valence-electron chi connectivity index (χ0n) is 11.8. The lowest BCUT2D eigenvalue weighted by Crippen LogP contribution is -2.49. The molecule has 0 atom stereocenters. The number of hydrogen-bond acceptors (Lipinski definition) is 5. The number of nitrogens with one attached hydrogen (secondary N) is 1. The summed E-state index contributed by atoms with van der Waals surface area (Å²) in [6, 6.07) is 3.56. The number of pyridine rings is 1. The van der Waals surface area contributed by atoms with Gasteiger partial charge in [-0.1, -0.05) is 11.6 Å². The fraction of sp³-hybridized carbons (Fsp3) is 0.462. The van der Waals surface area contributed by atoms with Crippen molar-refractivity contribution < 1.29 is 4.79 Å². The Bertz CT molecular complexity index is 651. The van der Waals surface area contributed by atoms with Crippen molar-refractivity contribution in [2.24, 2.45) is 0 Å². The standard InChI is InChI=1S/C13H17ClN6O/c1-18(9-12(21)19-6-4-15-5-7-19)13-16-11-3-2-10(14)8-20(11)17-13/h2-3,8,15H,4-7,9H2,1H3. The lowest BCUT2D eigenvalue weighted by atomic mass is 10.3. The molecule has 0 unspecified atom stereocenters. The first-order chi connectivity index (χ1) is 10.1. The molecule has 3 heterocycles. The Morgan fingerprint density at radius 3 is 2.95 bits per heavy atom. The third-order valence-electron chi connectivity index (χ3n) is 3.47. The minimum absolute atomic E-state index is 0.0934. The number of amides is 1. The van der Waals surface area contributed by atoms with Crippen LogP contribution in [0.5, 0.6) is 0 Å². The molecule has 0 spiro atoms. The second-order valence-corrected chi connectivity index (χ2v) is 5.49. The van der Waals surface area contributed by atoms with Crippen molar-refractivity contribution in [3.63, 3.8) is 0 Å². The molecule has 7 nitrogen and oxygen atoms in total. The highest BCUT2D eigenvalue weighted by molar-refractivity contribution is 6.30. The summed E-state index contributed by atoms with van der Waals surface area (Å²) in [5.41, 5.74) is 0.705. The highest BCUT2D eigenvalue weighted by atomic mass is 35.5. The normalized spacial score (nSPS) is 15.4. The van der Waals surface area contributed by atoms with Gasteiger partial charge in [0.2, 0.25) is 11.9 Å². The van der Waals surface area contributed by atoms with E-state index in [-0.39, 0.29) is 12.5 Å². The number of nitrogens with zero attached hydrogens (tertiary/aromatic N) is 5. The average Bonchev–Trinajstić information content (AvgIpc) is 2.91. The van der Waals surface area contributed by atoms with Crippen LogP contribution in [0, 0.1) is 0 Å². The molecule has 1 amide bonds.